The quantitative estimate of drug-likeness (QED) is 0.366. The van der Waals surface area contributed by atoms with E-state index in [1.54, 1.807) is 0 Å². The fourth-order valence-electron chi connectivity index (χ4n) is 0.205. The molecule has 2 heteroatoms. The summed E-state index contributed by atoms with van der Waals surface area (Å²) in [5.41, 5.74) is 1.07. The van der Waals surface area contributed by atoms with Crippen LogP contribution in [0.1, 0.15) is 0 Å². The zero-order valence-electron chi connectivity index (χ0n) is 3.22. The summed E-state index contributed by atoms with van der Waals surface area (Å²) in [5.74, 6) is 4.65. The van der Waals surface area contributed by atoms with Crippen LogP contribution >= 0.6 is 0 Å². The van der Waals surface area contributed by atoms with E-state index in [9.17, 15) is 0 Å². The first-order valence-corrected chi connectivity index (χ1v) is 1.67. The Bertz CT molecular complexity index is 96.1. The van der Waals surface area contributed by atoms with Gasteiger partial charge in [0, 0.05) is 5.57 Å². The summed E-state index contributed by atoms with van der Waals surface area (Å²) < 4.78 is 0. The van der Waals surface area contributed by atoms with Crippen molar-refractivity contribution in [1.29, 1.82) is 0 Å². The van der Waals surface area contributed by atoms with Crippen LogP contribution in [0.15, 0.2) is 24.0 Å². The fraction of sp³-hybridized carbons (Fsp3) is 0. The average molecular weight is 83.1 g/mol. The molecule has 6 heavy (non-hydrogen) atoms. The van der Waals surface area contributed by atoms with Crippen LogP contribution in [0.4, 0.5) is 0 Å². The van der Waals surface area contributed by atoms with Crippen molar-refractivity contribution in [3.8, 4) is 0 Å². The van der Waals surface area contributed by atoms with Crippen LogP contribution in [-0.4, -0.2) is 0 Å². The van der Waals surface area contributed by atoms with E-state index < -0.39 is 0 Å². The smallest absolute Gasteiger partial charge is 0.118 e. The molecule has 0 spiro atoms. The lowest BCUT2D eigenvalue weighted by molar-refractivity contribution is 0.260. The van der Waals surface area contributed by atoms with E-state index in [-0.39, 0.29) is 0 Å². The van der Waals surface area contributed by atoms with E-state index in [0.29, 0.717) is 0 Å². The van der Waals surface area contributed by atoms with E-state index in [0.717, 1.165) is 5.57 Å². The lowest BCUT2D eigenvalue weighted by atomic mass is 10.6. The first kappa shape index (κ1) is 3.43. The zero-order chi connectivity index (χ0) is 4.41. The van der Waals surface area contributed by atoms with Gasteiger partial charge < -0.3 is 4.84 Å². The molecule has 0 heterocycles. The minimum absolute atomic E-state index is 1.07. The van der Waals surface area contributed by atoms with Crippen molar-refractivity contribution in [2.24, 2.45) is 5.90 Å². The lowest BCUT2D eigenvalue weighted by Crippen LogP contribution is -1.86. The number of nitrogens with two attached hydrogens (primary N) is 1. The van der Waals surface area contributed by atoms with Gasteiger partial charge in [0.2, 0.25) is 0 Å². The molecule has 0 aromatic carbocycles. The summed E-state index contributed by atoms with van der Waals surface area (Å²) in [6.07, 6.45) is 5.31. The van der Waals surface area contributed by atoms with Gasteiger partial charge in [-0.3, -0.25) is 0 Å². The molecular weight excluding hydrogens is 78.0 g/mol. The Morgan fingerprint density at radius 2 is 2.33 bits per heavy atom. The molecule has 0 saturated carbocycles. The summed E-state index contributed by atoms with van der Waals surface area (Å²) in [4.78, 5) is 4.14. The minimum Gasteiger partial charge on any atom is -0.419 e. The molecule has 2 nitrogen and oxygen atoms in total. The number of allylic oxidation sites excluding steroid dienone is 3. The van der Waals surface area contributed by atoms with E-state index >= 15 is 0 Å². The second-order valence-electron chi connectivity index (χ2n) is 1.09. The predicted octanol–water partition coefficient (Wildman–Crippen LogP) is 0.330. The predicted molar refractivity (Wildman–Crippen MR) is 22.5 cm³/mol. The van der Waals surface area contributed by atoms with Crippen LogP contribution in [0.3, 0.4) is 0 Å². The molecule has 1 aliphatic carbocycles. The maximum Gasteiger partial charge on any atom is 0.118 e. The number of hydrogen-bond acceptors (Lipinski definition) is 2. The molecule has 0 bridgehead atoms. The third-order valence-electron chi connectivity index (χ3n) is 0.563. The molecule has 0 aromatic heterocycles. The fourth-order valence-corrected chi connectivity index (χ4v) is 0.205. The van der Waals surface area contributed by atoms with Crippen molar-refractivity contribution < 1.29 is 4.84 Å². The van der Waals surface area contributed by atoms with Gasteiger partial charge in [-0.25, -0.2) is 0 Å². The highest BCUT2D eigenvalue weighted by Crippen LogP contribution is 2.11. The van der Waals surface area contributed by atoms with Crippen molar-refractivity contribution >= 4 is 0 Å². The number of hydrogen-bond donors (Lipinski definition) is 1. The lowest BCUT2D eigenvalue weighted by Gasteiger charge is -1.77. The van der Waals surface area contributed by atoms with Crippen molar-refractivity contribution in [2.45, 2.75) is 0 Å². The molecular formula is C4H5NO. The number of rotatable bonds is 1. The summed E-state index contributed by atoms with van der Waals surface area (Å²) in [6.45, 7) is 0. The van der Waals surface area contributed by atoms with Gasteiger partial charge >= 0.3 is 0 Å². The van der Waals surface area contributed by atoms with Crippen LogP contribution in [0.2, 0.25) is 0 Å². The third-order valence-corrected chi connectivity index (χ3v) is 0.563. The monoisotopic (exact) mass is 83.0 g/mol. The molecule has 0 saturated heterocycles. The van der Waals surface area contributed by atoms with Crippen LogP contribution in [0, 0.1) is 0 Å². The highest BCUT2D eigenvalue weighted by molar-refractivity contribution is 5.44. The van der Waals surface area contributed by atoms with Crippen LogP contribution in [0.5, 0.6) is 0 Å². The summed E-state index contributed by atoms with van der Waals surface area (Å²) in [5, 5.41) is 0. The zero-order valence-corrected chi connectivity index (χ0v) is 3.22. The molecule has 0 aromatic rings. The van der Waals surface area contributed by atoms with Crippen molar-refractivity contribution in [2.75, 3.05) is 0 Å². The third kappa shape index (κ3) is 0.592. The van der Waals surface area contributed by atoms with Crippen molar-refractivity contribution in [1.82, 2.24) is 0 Å². The van der Waals surface area contributed by atoms with Gasteiger partial charge in [0.25, 0.3) is 0 Å². The van der Waals surface area contributed by atoms with Gasteiger partial charge in [-0.05, 0) is 0 Å². The summed E-state index contributed by atoms with van der Waals surface area (Å²) >= 11 is 0. The van der Waals surface area contributed by atoms with E-state index in [4.69, 9.17) is 0 Å². The van der Waals surface area contributed by atoms with Gasteiger partial charge in [0.15, 0.2) is 0 Å². The van der Waals surface area contributed by atoms with Crippen molar-refractivity contribution in [3.63, 3.8) is 0 Å². The first-order chi connectivity index (χ1) is 2.93. The Kier molecular flexibility index (Phi) is 0.654. The van der Waals surface area contributed by atoms with E-state index in [1.165, 1.54) is 6.26 Å². The van der Waals surface area contributed by atoms with E-state index in [2.05, 4.69) is 10.7 Å². The highest BCUT2D eigenvalue weighted by Gasteiger charge is 1.95. The minimum atomic E-state index is 1.07. The average Bonchev–Trinajstić information content (AvgIpc) is 2.21. The van der Waals surface area contributed by atoms with Gasteiger partial charge in [0.05, 0.1) is 0 Å². The maximum absolute atomic E-state index is 4.65. The molecule has 0 radical (unpaired) electrons. The van der Waals surface area contributed by atoms with Crippen LogP contribution in [-0.2, 0) is 4.84 Å². The molecule has 0 amide bonds. The molecule has 1 rings (SSSR count). The Morgan fingerprint density at radius 3 is 2.50 bits per heavy atom. The van der Waals surface area contributed by atoms with Crippen molar-refractivity contribution in [3.05, 3.63) is 24.0 Å². The molecule has 0 aliphatic heterocycles. The summed E-state index contributed by atoms with van der Waals surface area (Å²) in [6, 6.07) is 0. The largest absolute Gasteiger partial charge is 0.419 e. The van der Waals surface area contributed by atoms with Gasteiger partial charge in [0.1, 0.15) is 6.26 Å². The van der Waals surface area contributed by atoms with Gasteiger partial charge in [-0.2, -0.15) is 5.90 Å². The molecule has 0 unspecified atom stereocenters. The Balaban J connectivity index is 2.27. The molecule has 0 fully saturated rings. The van der Waals surface area contributed by atoms with Crippen LogP contribution in [0.25, 0.3) is 0 Å². The maximum atomic E-state index is 4.65. The second kappa shape index (κ2) is 1.14. The SMILES string of the molecule is NOC=C1C=C1. The Morgan fingerprint density at radius 1 is 1.67 bits per heavy atom. The Labute approximate surface area is 35.9 Å². The summed E-state index contributed by atoms with van der Waals surface area (Å²) in [7, 11) is 0. The first-order valence-electron chi connectivity index (χ1n) is 1.67. The van der Waals surface area contributed by atoms with Gasteiger partial charge in [-0.15, -0.1) is 0 Å². The Hall–Kier alpha value is -0.760. The molecule has 1 aliphatic rings. The molecule has 0 atom stereocenters. The van der Waals surface area contributed by atoms with E-state index in [1.807, 2.05) is 12.2 Å². The standard InChI is InChI=1S/C4H5NO/c5-6-3-4-1-2-4/h1-3H,5H2. The van der Waals surface area contributed by atoms with Gasteiger partial charge in [-0.1, -0.05) is 12.2 Å². The topological polar surface area (TPSA) is 35.2 Å². The normalized spacial score (nSPS) is 14.5. The van der Waals surface area contributed by atoms with Crippen LogP contribution < -0.4 is 5.90 Å². The second-order valence-corrected chi connectivity index (χ2v) is 1.09. The molecule has 2 N–H and O–H groups in total. The highest BCUT2D eigenvalue weighted by atomic mass is 16.6. The molecule has 32 valence electrons.